The molecule has 2 amide bonds. The summed E-state index contributed by atoms with van der Waals surface area (Å²) in [6, 6.07) is 0.922. The van der Waals surface area contributed by atoms with Crippen LogP contribution in [-0.2, 0) is 0 Å². The lowest BCUT2D eigenvalue weighted by Crippen LogP contribution is -2.47. The lowest BCUT2D eigenvalue weighted by molar-refractivity contribution is 0.137. The first kappa shape index (κ1) is 12.3. The van der Waals surface area contributed by atoms with Crippen LogP contribution in [0.4, 0.5) is 4.79 Å². The maximum absolute atomic E-state index is 12.2. The molecule has 1 atom stereocenters. The Morgan fingerprint density at radius 2 is 1.93 bits per heavy atom. The second kappa shape index (κ2) is 4.86. The van der Waals surface area contributed by atoms with Crippen molar-refractivity contribution >= 4 is 6.03 Å². The number of urea groups is 1. The molecule has 15 heavy (non-hydrogen) atoms. The standard InChI is InChI=1S/C12H24N2O/c1-9(2)11-7-6-8-14(11)12(15)13(5)10(3)4/h9-11H,6-8H2,1-5H3. The molecular formula is C12H24N2O. The Bertz CT molecular complexity index is 226. The van der Waals surface area contributed by atoms with E-state index < -0.39 is 0 Å². The number of nitrogens with zero attached hydrogens (tertiary/aromatic N) is 2. The molecule has 0 spiro atoms. The van der Waals surface area contributed by atoms with E-state index in [0.29, 0.717) is 12.0 Å². The normalized spacial score (nSPS) is 21.5. The molecule has 0 aromatic rings. The molecule has 0 aromatic heterocycles. The topological polar surface area (TPSA) is 23.6 Å². The van der Waals surface area contributed by atoms with Crippen molar-refractivity contribution in [1.82, 2.24) is 9.80 Å². The van der Waals surface area contributed by atoms with Crippen LogP contribution >= 0.6 is 0 Å². The van der Waals surface area contributed by atoms with E-state index in [2.05, 4.69) is 27.7 Å². The zero-order chi connectivity index (χ0) is 11.6. The average molecular weight is 212 g/mol. The van der Waals surface area contributed by atoms with Crippen molar-refractivity contribution in [2.75, 3.05) is 13.6 Å². The highest BCUT2D eigenvalue weighted by Crippen LogP contribution is 2.24. The summed E-state index contributed by atoms with van der Waals surface area (Å²) in [5.74, 6) is 0.567. The minimum atomic E-state index is 0.196. The Labute approximate surface area is 93.4 Å². The summed E-state index contributed by atoms with van der Waals surface area (Å²) >= 11 is 0. The van der Waals surface area contributed by atoms with Gasteiger partial charge in [0.25, 0.3) is 0 Å². The van der Waals surface area contributed by atoms with Crippen molar-refractivity contribution < 1.29 is 4.79 Å². The zero-order valence-corrected chi connectivity index (χ0v) is 10.7. The molecule has 0 N–H and O–H groups in total. The zero-order valence-electron chi connectivity index (χ0n) is 10.7. The van der Waals surface area contributed by atoms with E-state index in [-0.39, 0.29) is 12.1 Å². The number of hydrogen-bond acceptors (Lipinski definition) is 1. The molecule has 0 aromatic carbocycles. The van der Waals surface area contributed by atoms with Gasteiger partial charge in [-0.3, -0.25) is 0 Å². The van der Waals surface area contributed by atoms with Crippen molar-refractivity contribution in [3.8, 4) is 0 Å². The maximum atomic E-state index is 12.2. The van der Waals surface area contributed by atoms with Gasteiger partial charge in [0.05, 0.1) is 0 Å². The van der Waals surface area contributed by atoms with Crippen LogP contribution in [0.1, 0.15) is 40.5 Å². The Hall–Kier alpha value is -0.730. The Morgan fingerprint density at radius 1 is 1.33 bits per heavy atom. The predicted molar refractivity (Wildman–Crippen MR) is 62.9 cm³/mol. The monoisotopic (exact) mass is 212 g/mol. The summed E-state index contributed by atoms with van der Waals surface area (Å²) in [4.78, 5) is 16.0. The smallest absolute Gasteiger partial charge is 0.320 e. The van der Waals surface area contributed by atoms with Crippen molar-refractivity contribution in [3.05, 3.63) is 0 Å². The Kier molecular flexibility index (Phi) is 4.00. The highest BCUT2D eigenvalue weighted by atomic mass is 16.2. The number of rotatable bonds is 2. The SMILES string of the molecule is CC(C)C1CCCN1C(=O)N(C)C(C)C. The largest absolute Gasteiger partial charge is 0.325 e. The number of amides is 2. The molecule has 0 saturated carbocycles. The van der Waals surface area contributed by atoms with Gasteiger partial charge in [0, 0.05) is 25.7 Å². The van der Waals surface area contributed by atoms with Gasteiger partial charge in [-0.2, -0.15) is 0 Å². The van der Waals surface area contributed by atoms with E-state index in [0.717, 1.165) is 19.4 Å². The van der Waals surface area contributed by atoms with Crippen LogP contribution in [-0.4, -0.2) is 41.5 Å². The van der Waals surface area contributed by atoms with Crippen molar-refractivity contribution in [3.63, 3.8) is 0 Å². The highest BCUT2D eigenvalue weighted by molar-refractivity contribution is 5.75. The van der Waals surface area contributed by atoms with Crippen LogP contribution < -0.4 is 0 Å². The van der Waals surface area contributed by atoms with Gasteiger partial charge >= 0.3 is 6.03 Å². The van der Waals surface area contributed by atoms with Gasteiger partial charge < -0.3 is 9.80 Å². The van der Waals surface area contributed by atoms with E-state index in [1.165, 1.54) is 0 Å². The number of hydrogen-bond donors (Lipinski definition) is 0. The molecule has 1 unspecified atom stereocenters. The third-order valence-electron chi connectivity index (χ3n) is 3.39. The predicted octanol–water partition coefficient (Wildman–Crippen LogP) is 2.57. The number of carbonyl (C=O) groups is 1. The summed E-state index contributed by atoms with van der Waals surface area (Å²) in [7, 11) is 1.89. The van der Waals surface area contributed by atoms with Crippen LogP contribution in [0.15, 0.2) is 0 Å². The lowest BCUT2D eigenvalue weighted by Gasteiger charge is -2.33. The first-order valence-electron chi connectivity index (χ1n) is 5.98. The van der Waals surface area contributed by atoms with Gasteiger partial charge in [-0.1, -0.05) is 13.8 Å². The first-order valence-corrected chi connectivity index (χ1v) is 5.98. The van der Waals surface area contributed by atoms with Crippen LogP contribution in [0.25, 0.3) is 0 Å². The number of likely N-dealkylation sites (tertiary alicyclic amines) is 1. The molecule has 0 aliphatic carbocycles. The van der Waals surface area contributed by atoms with E-state index in [9.17, 15) is 4.79 Å². The molecule has 1 saturated heterocycles. The Balaban J connectivity index is 2.66. The minimum absolute atomic E-state index is 0.196. The molecule has 0 radical (unpaired) electrons. The molecule has 1 aliphatic rings. The van der Waals surface area contributed by atoms with Crippen molar-refractivity contribution in [2.45, 2.75) is 52.6 Å². The van der Waals surface area contributed by atoms with Gasteiger partial charge in [-0.05, 0) is 32.6 Å². The van der Waals surface area contributed by atoms with E-state index >= 15 is 0 Å². The first-order chi connectivity index (χ1) is 6.95. The summed E-state index contributed by atoms with van der Waals surface area (Å²) in [6.07, 6.45) is 2.32. The second-order valence-corrected chi connectivity index (χ2v) is 5.13. The molecule has 0 bridgehead atoms. The lowest BCUT2D eigenvalue weighted by atomic mass is 10.0. The summed E-state index contributed by atoms with van der Waals surface area (Å²) in [5, 5.41) is 0. The van der Waals surface area contributed by atoms with Crippen molar-refractivity contribution in [1.29, 1.82) is 0 Å². The van der Waals surface area contributed by atoms with Crippen LogP contribution in [0.3, 0.4) is 0 Å². The summed E-state index contributed by atoms with van der Waals surface area (Å²) in [6.45, 7) is 9.44. The third-order valence-corrected chi connectivity index (χ3v) is 3.39. The molecule has 3 nitrogen and oxygen atoms in total. The van der Waals surface area contributed by atoms with E-state index in [1.54, 1.807) is 0 Å². The van der Waals surface area contributed by atoms with E-state index in [1.807, 2.05) is 16.8 Å². The molecule has 1 rings (SSSR count). The fourth-order valence-electron chi connectivity index (χ4n) is 2.15. The van der Waals surface area contributed by atoms with Gasteiger partial charge in [-0.25, -0.2) is 4.79 Å². The van der Waals surface area contributed by atoms with E-state index in [4.69, 9.17) is 0 Å². The minimum Gasteiger partial charge on any atom is -0.325 e. The third kappa shape index (κ3) is 2.64. The average Bonchev–Trinajstić information content (AvgIpc) is 2.63. The molecule has 1 fully saturated rings. The second-order valence-electron chi connectivity index (χ2n) is 5.13. The van der Waals surface area contributed by atoms with Crippen molar-refractivity contribution in [2.24, 2.45) is 5.92 Å². The number of carbonyl (C=O) groups excluding carboxylic acids is 1. The molecule has 1 aliphatic heterocycles. The molecule has 1 heterocycles. The molecular weight excluding hydrogens is 188 g/mol. The fourth-order valence-corrected chi connectivity index (χ4v) is 2.15. The quantitative estimate of drug-likeness (QED) is 0.690. The Morgan fingerprint density at radius 3 is 2.40 bits per heavy atom. The van der Waals surface area contributed by atoms with Gasteiger partial charge in [0.2, 0.25) is 0 Å². The molecule has 88 valence electrons. The highest BCUT2D eigenvalue weighted by Gasteiger charge is 2.32. The summed E-state index contributed by atoms with van der Waals surface area (Å²) in [5.41, 5.74) is 0. The van der Waals surface area contributed by atoms with Gasteiger partial charge in [0.15, 0.2) is 0 Å². The van der Waals surface area contributed by atoms with Crippen LogP contribution in [0.5, 0.6) is 0 Å². The molecule has 3 heteroatoms. The maximum Gasteiger partial charge on any atom is 0.320 e. The fraction of sp³-hybridized carbons (Fsp3) is 0.917. The van der Waals surface area contributed by atoms with Gasteiger partial charge in [-0.15, -0.1) is 0 Å². The summed E-state index contributed by atoms with van der Waals surface area (Å²) < 4.78 is 0. The van der Waals surface area contributed by atoms with Crippen LogP contribution in [0, 0.1) is 5.92 Å². The van der Waals surface area contributed by atoms with Gasteiger partial charge in [0.1, 0.15) is 0 Å². The van der Waals surface area contributed by atoms with Crippen LogP contribution in [0.2, 0.25) is 0 Å².